The van der Waals surface area contributed by atoms with Gasteiger partial charge in [-0.05, 0) is 6.92 Å². The zero-order valence-corrected chi connectivity index (χ0v) is 6.13. The highest BCUT2D eigenvalue weighted by molar-refractivity contribution is 5.69. The van der Waals surface area contributed by atoms with E-state index in [2.05, 4.69) is 11.3 Å². The Morgan fingerprint density at radius 1 is 1.70 bits per heavy atom. The maximum absolute atomic E-state index is 10.6. The summed E-state index contributed by atoms with van der Waals surface area (Å²) in [4.78, 5) is 10.6. The lowest BCUT2D eigenvalue weighted by Gasteiger charge is -2.00. The highest BCUT2D eigenvalue weighted by Gasteiger charge is 1.98. The molecule has 0 saturated carbocycles. The predicted octanol–water partition coefficient (Wildman–Crippen LogP) is 1.10. The molecule has 0 bridgehead atoms. The SMILES string of the molecule is C=COCCC(=O)OCC. The lowest BCUT2D eigenvalue weighted by Crippen LogP contribution is -2.06. The third kappa shape index (κ3) is 5.15. The molecule has 0 saturated heterocycles. The van der Waals surface area contributed by atoms with Crippen molar-refractivity contribution in [1.82, 2.24) is 0 Å². The van der Waals surface area contributed by atoms with Gasteiger partial charge in [0.1, 0.15) is 0 Å². The van der Waals surface area contributed by atoms with Crippen LogP contribution in [0.1, 0.15) is 13.3 Å². The fraction of sp³-hybridized carbons (Fsp3) is 0.571. The van der Waals surface area contributed by atoms with Gasteiger partial charge in [-0.15, -0.1) is 0 Å². The zero-order valence-electron chi connectivity index (χ0n) is 6.13. The quantitative estimate of drug-likeness (QED) is 0.329. The molecule has 0 spiro atoms. The van der Waals surface area contributed by atoms with Crippen molar-refractivity contribution in [1.29, 1.82) is 0 Å². The molecule has 0 radical (unpaired) electrons. The third-order valence-corrected chi connectivity index (χ3v) is 0.847. The second-order valence-corrected chi connectivity index (χ2v) is 1.59. The van der Waals surface area contributed by atoms with Crippen LogP contribution in [-0.2, 0) is 14.3 Å². The Balaban J connectivity index is 3.13. The summed E-state index contributed by atoms with van der Waals surface area (Å²) in [5.74, 6) is -0.232. The minimum absolute atomic E-state index is 0.232. The van der Waals surface area contributed by atoms with Gasteiger partial charge in [0.05, 0.1) is 25.9 Å². The van der Waals surface area contributed by atoms with Crippen LogP contribution in [0.15, 0.2) is 12.8 Å². The number of ether oxygens (including phenoxy) is 2. The minimum atomic E-state index is -0.232. The Morgan fingerprint density at radius 3 is 2.90 bits per heavy atom. The summed E-state index contributed by atoms with van der Waals surface area (Å²) in [6, 6.07) is 0. The molecule has 0 unspecified atom stereocenters. The van der Waals surface area contributed by atoms with E-state index in [1.165, 1.54) is 6.26 Å². The Hall–Kier alpha value is -0.990. The standard InChI is InChI=1S/C7H12O3/c1-3-9-6-5-7(8)10-4-2/h3H,1,4-6H2,2H3. The van der Waals surface area contributed by atoms with Crippen LogP contribution in [-0.4, -0.2) is 19.2 Å². The molecule has 58 valence electrons. The normalized spacial score (nSPS) is 8.50. The lowest BCUT2D eigenvalue weighted by molar-refractivity contribution is -0.143. The van der Waals surface area contributed by atoms with E-state index in [9.17, 15) is 4.79 Å². The van der Waals surface area contributed by atoms with Crippen molar-refractivity contribution >= 4 is 5.97 Å². The van der Waals surface area contributed by atoms with Gasteiger partial charge in [-0.3, -0.25) is 4.79 Å². The van der Waals surface area contributed by atoms with Crippen molar-refractivity contribution in [2.24, 2.45) is 0 Å². The molecule has 0 fully saturated rings. The molecule has 0 aliphatic heterocycles. The number of esters is 1. The zero-order chi connectivity index (χ0) is 7.82. The van der Waals surface area contributed by atoms with E-state index in [4.69, 9.17) is 4.74 Å². The maximum atomic E-state index is 10.6. The van der Waals surface area contributed by atoms with Crippen LogP contribution in [0.4, 0.5) is 0 Å². The van der Waals surface area contributed by atoms with E-state index in [0.29, 0.717) is 19.6 Å². The number of carbonyl (C=O) groups excluding carboxylic acids is 1. The average molecular weight is 144 g/mol. The van der Waals surface area contributed by atoms with Gasteiger partial charge in [-0.2, -0.15) is 0 Å². The van der Waals surface area contributed by atoms with Crippen molar-refractivity contribution in [2.45, 2.75) is 13.3 Å². The Morgan fingerprint density at radius 2 is 2.40 bits per heavy atom. The molecule has 3 nitrogen and oxygen atoms in total. The largest absolute Gasteiger partial charge is 0.501 e. The molecule has 10 heavy (non-hydrogen) atoms. The lowest BCUT2D eigenvalue weighted by atomic mass is 10.5. The maximum Gasteiger partial charge on any atom is 0.309 e. The molecule has 0 aromatic heterocycles. The van der Waals surface area contributed by atoms with Crippen LogP contribution in [0.3, 0.4) is 0 Å². The first-order chi connectivity index (χ1) is 4.81. The van der Waals surface area contributed by atoms with Gasteiger partial charge in [0, 0.05) is 0 Å². The fourth-order valence-corrected chi connectivity index (χ4v) is 0.459. The van der Waals surface area contributed by atoms with E-state index in [-0.39, 0.29) is 5.97 Å². The van der Waals surface area contributed by atoms with Crippen LogP contribution in [0, 0.1) is 0 Å². The van der Waals surface area contributed by atoms with Gasteiger partial charge in [0.25, 0.3) is 0 Å². The van der Waals surface area contributed by atoms with Crippen LogP contribution in [0.5, 0.6) is 0 Å². The van der Waals surface area contributed by atoms with Crippen molar-refractivity contribution in [2.75, 3.05) is 13.2 Å². The van der Waals surface area contributed by atoms with Crippen LogP contribution >= 0.6 is 0 Å². The molecule has 0 N–H and O–H groups in total. The summed E-state index contributed by atoms with van der Waals surface area (Å²) in [6.45, 7) is 5.87. The Kier molecular flexibility index (Phi) is 5.53. The highest BCUT2D eigenvalue weighted by atomic mass is 16.5. The van der Waals surface area contributed by atoms with Crippen LogP contribution in [0.2, 0.25) is 0 Å². The first-order valence-electron chi connectivity index (χ1n) is 3.19. The first kappa shape index (κ1) is 9.01. The minimum Gasteiger partial charge on any atom is -0.501 e. The summed E-state index contributed by atoms with van der Waals surface area (Å²) < 4.78 is 9.35. The van der Waals surface area contributed by atoms with Gasteiger partial charge in [-0.25, -0.2) is 0 Å². The molecule has 0 amide bonds. The van der Waals surface area contributed by atoms with Gasteiger partial charge < -0.3 is 9.47 Å². The van der Waals surface area contributed by atoms with Gasteiger partial charge in [-0.1, -0.05) is 6.58 Å². The fourth-order valence-electron chi connectivity index (χ4n) is 0.459. The molecule has 0 aromatic carbocycles. The molecule has 0 heterocycles. The molecule has 3 heteroatoms. The summed E-state index contributed by atoms with van der Waals surface area (Å²) in [7, 11) is 0. The van der Waals surface area contributed by atoms with Gasteiger partial charge in [0.2, 0.25) is 0 Å². The second-order valence-electron chi connectivity index (χ2n) is 1.59. The number of rotatable bonds is 5. The molecular weight excluding hydrogens is 132 g/mol. The van der Waals surface area contributed by atoms with E-state index < -0.39 is 0 Å². The number of hydrogen-bond acceptors (Lipinski definition) is 3. The molecule has 0 rings (SSSR count). The van der Waals surface area contributed by atoms with E-state index in [1.54, 1.807) is 6.92 Å². The molecule has 0 aromatic rings. The summed E-state index contributed by atoms with van der Waals surface area (Å²) >= 11 is 0. The van der Waals surface area contributed by atoms with E-state index >= 15 is 0 Å². The Labute approximate surface area is 60.6 Å². The molecule has 0 aliphatic rings. The molecule has 0 atom stereocenters. The smallest absolute Gasteiger partial charge is 0.309 e. The van der Waals surface area contributed by atoms with Crippen LogP contribution < -0.4 is 0 Å². The van der Waals surface area contributed by atoms with Crippen LogP contribution in [0.25, 0.3) is 0 Å². The monoisotopic (exact) mass is 144 g/mol. The van der Waals surface area contributed by atoms with Crippen molar-refractivity contribution < 1.29 is 14.3 Å². The van der Waals surface area contributed by atoms with E-state index in [0.717, 1.165) is 0 Å². The van der Waals surface area contributed by atoms with E-state index in [1.807, 2.05) is 0 Å². The first-order valence-corrected chi connectivity index (χ1v) is 3.19. The molecular formula is C7H12O3. The third-order valence-electron chi connectivity index (χ3n) is 0.847. The molecule has 0 aliphatic carbocycles. The topological polar surface area (TPSA) is 35.5 Å². The number of hydrogen-bond donors (Lipinski definition) is 0. The van der Waals surface area contributed by atoms with Gasteiger partial charge >= 0.3 is 5.97 Å². The summed E-state index contributed by atoms with van der Waals surface area (Å²) in [5.41, 5.74) is 0. The predicted molar refractivity (Wildman–Crippen MR) is 37.4 cm³/mol. The summed E-state index contributed by atoms with van der Waals surface area (Å²) in [5, 5.41) is 0. The number of carbonyl (C=O) groups is 1. The van der Waals surface area contributed by atoms with Crippen molar-refractivity contribution in [3.8, 4) is 0 Å². The van der Waals surface area contributed by atoms with Gasteiger partial charge in [0.15, 0.2) is 0 Å². The Bertz CT molecular complexity index is 109. The van der Waals surface area contributed by atoms with Crippen molar-refractivity contribution in [3.05, 3.63) is 12.8 Å². The highest BCUT2D eigenvalue weighted by Crippen LogP contribution is 1.87. The average Bonchev–Trinajstić information content (AvgIpc) is 1.89. The van der Waals surface area contributed by atoms with Crippen molar-refractivity contribution in [3.63, 3.8) is 0 Å². The second kappa shape index (κ2) is 6.13. The summed E-state index contributed by atoms with van der Waals surface area (Å²) in [6.07, 6.45) is 1.60.